The van der Waals surface area contributed by atoms with Crippen molar-refractivity contribution in [3.05, 3.63) is 121 Å². The van der Waals surface area contributed by atoms with Crippen molar-refractivity contribution in [1.82, 2.24) is 9.38 Å². The Morgan fingerprint density at radius 3 is 1.95 bits per heavy atom. The summed E-state index contributed by atoms with van der Waals surface area (Å²) in [6, 6.07) is 41.9. The first-order valence-electron chi connectivity index (χ1n) is 12.9. The third-order valence-electron chi connectivity index (χ3n) is 7.98. The first kappa shape index (κ1) is 20.3. The molecule has 0 aliphatic heterocycles. The number of rotatable bonds is 1. The number of imidazole rings is 1. The van der Waals surface area contributed by atoms with Crippen LogP contribution in [0.15, 0.2) is 121 Å². The van der Waals surface area contributed by atoms with Crippen LogP contribution in [0.25, 0.3) is 80.3 Å². The highest BCUT2D eigenvalue weighted by molar-refractivity contribution is 7.26. The topological polar surface area (TPSA) is 17.3 Å². The Kier molecular flexibility index (Phi) is 3.96. The second-order valence-corrected chi connectivity index (χ2v) is 11.0. The van der Waals surface area contributed by atoms with Gasteiger partial charge in [0.15, 0.2) is 0 Å². The summed E-state index contributed by atoms with van der Waals surface area (Å²) in [5.74, 6) is 0. The molecule has 0 aliphatic carbocycles. The van der Waals surface area contributed by atoms with Gasteiger partial charge in [-0.05, 0) is 73.8 Å². The normalized spacial score (nSPS) is 12.2. The van der Waals surface area contributed by atoms with E-state index in [2.05, 4.69) is 126 Å². The lowest BCUT2D eigenvalue weighted by molar-refractivity contribution is 1.23. The van der Waals surface area contributed by atoms with E-state index in [-0.39, 0.29) is 0 Å². The zero-order valence-electron chi connectivity index (χ0n) is 20.3. The molecule has 0 atom stereocenters. The van der Waals surface area contributed by atoms with Gasteiger partial charge in [0, 0.05) is 21.7 Å². The molecular weight excluding hydrogens is 480 g/mol. The molecule has 0 bridgehead atoms. The second kappa shape index (κ2) is 7.41. The van der Waals surface area contributed by atoms with Crippen molar-refractivity contribution >= 4 is 80.5 Å². The van der Waals surface area contributed by atoms with E-state index in [1.807, 2.05) is 11.3 Å². The maximum absolute atomic E-state index is 5.07. The summed E-state index contributed by atoms with van der Waals surface area (Å²) in [6.45, 7) is 0. The van der Waals surface area contributed by atoms with E-state index < -0.39 is 0 Å². The van der Waals surface area contributed by atoms with Crippen LogP contribution in [0.2, 0.25) is 0 Å². The number of aromatic nitrogens is 2. The van der Waals surface area contributed by atoms with Crippen molar-refractivity contribution in [1.29, 1.82) is 0 Å². The smallest absolute Gasteiger partial charge is 0.137 e. The maximum atomic E-state index is 5.07. The molecule has 0 unspecified atom stereocenters. The molecular formula is C35H20N2S. The average Bonchev–Trinajstić information content (AvgIpc) is 3.56. The Bertz CT molecular complexity index is 2370. The summed E-state index contributed by atoms with van der Waals surface area (Å²) in [5, 5.41) is 10.4. The summed E-state index contributed by atoms with van der Waals surface area (Å²) < 4.78 is 4.77. The van der Waals surface area contributed by atoms with E-state index in [1.165, 1.54) is 63.6 Å². The van der Waals surface area contributed by atoms with E-state index >= 15 is 0 Å². The van der Waals surface area contributed by atoms with Gasteiger partial charge in [-0.25, -0.2) is 4.98 Å². The minimum absolute atomic E-state index is 0.981. The van der Waals surface area contributed by atoms with Crippen molar-refractivity contribution in [2.24, 2.45) is 0 Å². The monoisotopic (exact) mass is 500 g/mol. The first-order chi connectivity index (χ1) is 18.8. The summed E-state index contributed by atoms with van der Waals surface area (Å²) >= 11 is 1.85. The fraction of sp³-hybridized carbons (Fsp3) is 0. The van der Waals surface area contributed by atoms with Gasteiger partial charge in [0.05, 0.1) is 10.2 Å². The lowest BCUT2D eigenvalue weighted by atomic mass is 9.91. The van der Waals surface area contributed by atoms with Crippen LogP contribution in [0.4, 0.5) is 0 Å². The lowest BCUT2D eigenvalue weighted by Gasteiger charge is -2.13. The van der Waals surface area contributed by atoms with Crippen molar-refractivity contribution in [3.8, 4) is 11.1 Å². The van der Waals surface area contributed by atoms with Crippen molar-refractivity contribution in [2.45, 2.75) is 0 Å². The number of thiophene rings is 1. The zero-order chi connectivity index (χ0) is 24.8. The highest BCUT2D eigenvalue weighted by atomic mass is 32.1. The van der Waals surface area contributed by atoms with Crippen LogP contribution in [0.3, 0.4) is 0 Å². The van der Waals surface area contributed by atoms with Crippen molar-refractivity contribution in [3.63, 3.8) is 0 Å². The van der Waals surface area contributed by atoms with Crippen molar-refractivity contribution < 1.29 is 0 Å². The lowest BCUT2D eigenvalue weighted by Crippen LogP contribution is -1.87. The molecule has 0 fully saturated rings. The number of hydrogen-bond acceptors (Lipinski definition) is 2. The van der Waals surface area contributed by atoms with E-state index in [0.717, 1.165) is 16.7 Å². The number of benzene rings is 6. The second-order valence-electron chi connectivity index (χ2n) is 9.99. The predicted molar refractivity (Wildman–Crippen MR) is 164 cm³/mol. The Morgan fingerprint density at radius 1 is 0.553 bits per heavy atom. The quantitative estimate of drug-likeness (QED) is 0.205. The average molecular weight is 501 g/mol. The highest BCUT2D eigenvalue weighted by Gasteiger charge is 2.19. The van der Waals surface area contributed by atoms with Crippen LogP contribution < -0.4 is 0 Å². The minimum atomic E-state index is 0.981. The van der Waals surface area contributed by atoms with Gasteiger partial charge in [-0.15, -0.1) is 11.3 Å². The molecule has 0 radical (unpaired) electrons. The van der Waals surface area contributed by atoms with Crippen LogP contribution in [0.1, 0.15) is 0 Å². The molecule has 6 aromatic carbocycles. The first-order valence-corrected chi connectivity index (χ1v) is 13.7. The molecule has 3 heteroatoms. The molecule has 3 aromatic heterocycles. The highest BCUT2D eigenvalue weighted by Crippen LogP contribution is 2.45. The molecule has 0 saturated carbocycles. The molecule has 0 saturated heterocycles. The third-order valence-corrected chi connectivity index (χ3v) is 9.16. The maximum Gasteiger partial charge on any atom is 0.137 e. The molecule has 9 aromatic rings. The van der Waals surface area contributed by atoms with Crippen LogP contribution in [0, 0.1) is 0 Å². The van der Waals surface area contributed by atoms with Crippen LogP contribution in [0.5, 0.6) is 0 Å². The zero-order valence-corrected chi connectivity index (χ0v) is 21.2. The fourth-order valence-electron chi connectivity index (χ4n) is 6.31. The van der Waals surface area contributed by atoms with Crippen LogP contribution >= 0.6 is 11.3 Å². The largest absolute Gasteiger partial charge is 0.300 e. The van der Waals surface area contributed by atoms with E-state index in [9.17, 15) is 0 Å². The van der Waals surface area contributed by atoms with E-state index in [1.54, 1.807) is 0 Å². The minimum Gasteiger partial charge on any atom is -0.300 e. The molecule has 9 rings (SSSR count). The van der Waals surface area contributed by atoms with Gasteiger partial charge >= 0.3 is 0 Å². The molecule has 0 spiro atoms. The molecule has 38 heavy (non-hydrogen) atoms. The summed E-state index contributed by atoms with van der Waals surface area (Å²) in [5.41, 5.74) is 5.70. The van der Waals surface area contributed by atoms with Gasteiger partial charge in [-0.2, -0.15) is 0 Å². The number of nitrogens with zero attached hydrogens (tertiary/aromatic N) is 2. The van der Waals surface area contributed by atoms with Gasteiger partial charge in [-0.3, -0.25) is 4.40 Å². The standard InChI is InChI=1S/C35H20N2S/c1-2-11-24-22(9-1)23-10-3-4-12-25(23)29-19-21(16-17-26(24)29)28-20-30-34(36-32-15-7-8-18-37(30)32)35-33(28)27-13-5-6-14-31(27)38-35/h1-20H. The van der Waals surface area contributed by atoms with E-state index in [4.69, 9.17) is 4.98 Å². The summed E-state index contributed by atoms with van der Waals surface area (Å²) in [6.07, 6.45) is 2.12. The van der Waals surface area contributed by atoms with Gasteiger partial charge < -0.3 is 0 Å². The molecule has 0 aliphatic rings. The number of fused-ring (bicyclic) bond motifs is 13. The van der Waals surface area contributed by atoms with Gasteiger partial charge in [0.25, 0.3) is 0 Å². The summed E-state index contributed by atoms with van der Waals surface area (Å²) in [7, 11) is 0. The van der Waals surface area contributed by atoms with Gasteiger partial charge in [-0.1, -0.05) is 84.9 Å². The molecule has 0 amide bonds. The predicted octanol–water partition coefficient (Wildman–Crippen LogP) is 9.98. The Hall–Kier alpha value is -4.73. The van der Waals surface area contributed by atoms with Crippen molar-refractivity contribution in [2.75, 3.05) is 0 Å². The van der Waals surface area contributed by atoms with Crippen LogP contribution in [-0.4, -0.2) is 9.38 Å². The van der Waals surface area contributed by atoms with E-state index in [0.29, 0.717) is 0 Å². The van der Waals surface area contributed by atoms with Gasteiger partial charge in [0.2, 0.25) is 0 Å². The van der Waals surface area contributed by atoms with Crippen LogP contribution in [-0.2, 0) is 0 Å². The Labute approximate surface area is 222 Å². The van der Waals surface area contributed by atoms with Gasteiger partial charge in [0.1, 0.15) is 11.2 Å². The fourth-order valence-corrected chi connectivity index (χ4v) is 7.53. The SMILES string of the molecule is c1ccc2c(c1)sc1c3nc4ccccn4c3cc(-c3ccc4c5ccccc5c5ccccc5c4c3)c21. The molecule has 176 valence electrons. The molecule has 0 N–H and O–H groups in total. The summed E-state index contributed by atoms with van der Waals surface area (Å²) in [4.78, 5) is 5.07. The molecule has 3 heterocycles. The number of hydrogen-bond donors (Lipinski definition) is 0. The Morgan fingerprint density at radius 2 is 1.18 bits per heavy atom. The number of pyridine rings is 1. The third kappa shape index (κ3) is 2.64. The Balaban J connectivity index is 1.47. The molecule has 2 nitrogen and oxygen atoms in total.